The van der Waals surface area contributed by atoms with Crippen LogP contribution in [0.4, 0.5) is 0 Å². The molecule has 88 valence electrons. The van der Waals surface area contributed by atoms with Gasteiger partial charge in [-0.1, -0.05) is 19.8 Å². The van der Waals surface area contributed by atoms with Gasteiger partial charge in [0.25, 0.3) is 0 Å². The van der Waals surface area contributed by atoms with Crippen LogP contribution in [0.1, 0.15) is 52.9 Å². The molecular weight excluding hydrogens is 188 g/mol. The molecule has 1 fully saturated rings. The number of hydrogen-bond acceptors (Lipinski definition) is 2. The number of amides is 1. The van der Waals surface area contributed by atoms with Crippen LogP contribution in [0.5, 0.6) is 0 Å². The van der Waals surface area contributed by atoms with Crippen LogP contribution < -0.4 is 11.1 Å². The Bertz CT molecular complexity index is 226. The maximum Gasteiger partial charge on any atom is 0.225 e. The molecule has 3 nitrogen and oxygen atoms in total. The number of nitrogens with one attached hydrogen (secondary N) is 1. The van der Waals surface area contributed by atoms with Gasteiger partial charge in [0.1, 0.15) is 0 Å². The summed E-state index contributed by atoms with van der Waals surface area (Å²) in [6, 6.07) is 0.0717. The van der Waals surface area contributed by atoms with Crippen LogP contribution in [0.2, 0.25) is 0 Å². The SMILES string of the molecule is CCCC(C)(C)NC(=O)C1CCCC1N. The largest absolute Gasteiger partial charge is 0.351 e. The molecule has 0 aromatic rings. The third kappa shape index (κ3) is 3.49. The van der Waals surface area contributed by atoms with Crippen LogP contribution >= 0.6 is 0 Å². The van der Waals surface area contributed by atoms with Crippen LogP contribution in [0.3, 0.4) is 0 Å². The van der Waals surface area contributed by atoms with E-state index in [0.29, 0.717) is 0 Å². The van der Waals surface area contributed by atoms with Crippen molar-refractivity contribution in [1.29, 1.82) is 0 Å². The van der Waals surface area contributed by atoms with E-state index in [2.05, 4.69) is 26.1 Å². The Morgan fingerprint density at radius 3 is 2.60 bits per heavy atom. The van der Waals surface area contributed by atoms with Crippen molar-refractivity contribution in [2.45, 2.75) is 64.5 Å². The highest BCUT2D eigenvalue weighted by Gasteiger charge is 2.32. The van der Waals surface area contributed by atoms with Gasteiger partial charge in [0.05, 0.1) is 5.92 Å². The van der Waals surface area contributed by atoms with Crippen molar-refractivity contribution in [3.8, 4) is 0 Å². The van der Waals surface area contributed by atoms with E-state index in [1.54, 1.807) is 0 Å². The summed E-state index contributed by atoms with van der Waals surface area (Å²) in [5.74, 6) is 0.194. The van der Waals surface area contributed by atoms with Gasteiger partial charge in [-0.05, 0) is 33.1 Å². The van der Waals surface area contributed by atoms with Crippen molar-refractivity contribution in [1.82, 2.24) is 5.32 Å². The normalized spacial score (nSPS) is 26.7. The molecule has 0 spiro atoms. The summed E-state index contributed by atoms with van der Waals surface area (Å²) >= 11 is 0. The highest BCUT2D eigenvalue weighted by atomic mass is 16.2. The molecule has 1 rings (SSSR count). The minimum absolute atomic E-state index is 0.0427. The molecule has 0 radical (unpaired) electrons. The first-order valence-electron chi connectivity index (χ1n) is 6.04. The van der Waals surface area contributed by atoms with Gasteiger partial charge in [-0.2, -0.15) is 0 Å². The van der Waals surface area contributed by atoms with E-state index in [-0.39, 0.29) is 23.4 Å². The van der Waals surface area contributed by atoms with Gasteiger partial charge in [-0.3, -0.25) is 4.79 Å². The first-order chi connectivity index (χ1) is 6.96. The van der Waals surface area contributed by atoms with Gasteiger partial charge in [0.2, 0.25) is 5.91 Å². The Kier molecular flexibility index (Phi) is 4.14. The molecule has 1 aliphatic carbocycles. The number of rotatable bonds is 4. The van der Waals surface area contributed by atoms with E-state index in [0.717, 1.165) is 32.1 Å². The predicted octanol–water partition coefficient (Wildman–Crippen LogP) is 1.81. The molecule has 0 aromatic carbocycles. The molecule has 2 atom stereocenters. The van der Waals surface area contributed by atoms with Gasteiger partial charge < -0.3 is 11.1 Å². The molecule has 1 amide bonds. The summed E-state index contributed by atoms with van der Waals surface area (Å²) in [5, 5.41) is 3.11. The predicted molar refractivity (Wildman–Crippen MR) is 62.4 cm³/mol. The third-order valence-corrected chi connectivity index (χ3v) is 3.24. The molecule has 1 aliphatic rings. The van der Waals surface area contributed by atoms with Crippen molar-refractivity contribution in [2.24, 2.45) is 11.7 Å². The Labute approximate surface area is 92.8 Å². The van der Waals surface area contributed by atoms with Crippen molar-refractivity contribution in [3.05, 3.63) is 0 Å². The second-order valence-corrected chi connectivity index (χ2v) is 5.32. The van der Waals surface area contributed by atoms with Gasteiger partial charge in [0, 0.05) is 11.6 Å². The highest BCUT2D eigenvalue weighted by molar-refractivity contribution is 5.80. The fourth-order valence-electron chi connectivity index (χ4n) is 2.43. The zero-order valence-corrected chi connectivity index (χ0v) is 10.2. The zero-order valence-electron chi connectivity index (χ0n) is 10.2. The van der Waals surface area contributed by atoms with Gasteiger partial charge in [0.15, 0.2) is 0 Å². The average Bonchev–Trinajstić information content (AvgIpc) is 2.50. The standard InChI is InChI=1S/C12H24N2O/c1-4-8-12(2,3)14-11(15)9-6-5-7-10(9)13/h9-10H,4-8,13H2,1-3H3,(H,14,15). The molecule has 1 saturated carbocycles. The van der Waals surface area contributed by atoms with E-state index in [1.807, 2.05) is 0 Å². The molecule has 0 bridgehead atoms. The molecule has 2 unspecified atom stereocenters. The number of hydrogen-bond donors (Lipinski definition) is 2. The summed E-state index contributed by atoms with van der Waals surface area (Å²) in [6.07, 6.45) is 5.14. The molecular formula is C12H24N2O. The summed E-state index contributed by atoms with van der Waals surface area (Å²) < 4.78 is 0. The number of carbonyl (C=O) groups excluding carboxylic acids is 1. The van der Waals surface area contributed by atoms with E-state index >= 15 is 0 Å². The van der Waals surface area contributed by atoms with Gasteiger partial charge in [-0.25, -0.2) is 0 Å². The summed E-state index contributed by atoms with van der Waals surface area (Å²) in [6.45, 7) is 6.29. The number of carbonyl (C=O) groups is 1. The molecule has 0 saturated heterocycles. The third-order valence-electron chi connectivity index (χ3n) is 3.24. The molecule has 0 heterocycles. The topological polar surface area (TPSA) is 55.1 Å². The summed E-state index contributed by atoms with van der Waals surface area (Å²) in [5.41, 5.74) is 5.82. The van der Waals surface area contributed by atoms with E-state index in [1.165, 1.54) is 0 Å². The van der Waals surface area contributed by atoms with Crippen LogP contribution in [-0.4, -0.2) is 17.5 Å². The van der Waals surface area contributed by atoms with Gasteiger partial charge in [-0.15, -0.1) is 0 Å². The minimum atomic E-state index is -0.0891. The van der Waals surface area contributed by atoms with E-state index < -0.39 is 0 Å². The molecule has 0 aliphatic heterocycles. The quantitative estimate of drug-likeness (QED) is 0.746. The fourth-order valence-corrected chi connectivity index (χ4v) is 2.43. The van der Waals surface area contributed by atoms with Crippen molar-refractivity contribution < 1.29 is 4.79 Å². The smallest absolute Gasteiger partial charge is 0.225 e. The lowest BCUT2D eigenvalue weighted by molar-refractivity contribution is -0.126. The molecule has 15 heavy (non-hydrogen) atoms. The molecule has 3 N–H and O–H groups in total. The fraction of sp³-hybridized carbons (Fsp3) is 0.917. The van der Waals surface area contributed by atoms with Crippen LogP contribution in [0.15, 0.2) is 0 Å². The lowest BCUT2D eigenvalue weighted by Gasteiger charge is -2.28. The maximum absolute atomic E-state index is 12.0. The second-order valence-electron chi connectivity index (χ2n) is 5.32. The van der Waals surface area contributed by atoms with E-state index in [4.69, 9.17) is 5.73 Å². The van der Waals surface area contributed by atoms with Crippen molar-refractivity contribution in [3.63, 3.8) is 0 Å². The van der Waals surface area contributed by atoms with Crippen molar-refractivity contribution in [2.75, 3.05) is 0 Å². The lowest BCUT2D eigenvalue weighted by Crippen LogP contribution is -2.48. The van der Waals surface area contributed by atoms with Crippen LogP contribution in [-0.2, 0) is 4.79 Å². The van der Waals surface area contributed by atoms with Crippen molar-refractivity contribution >= 4 is 5.91 Å². The molecule has 0 aromatic heterocycles. The second kappa shape index (κ2) is 4.97. The average molecular weight is 212 g/mol. The minimum Gasteiger partial charge on any atom is -0.351 e. The van der Waals surface area contributed by atoms with E-state index in [9.17, 15) is 4.79 Å². The first kappa shape index (κ1) is 12.5. The van der Waals surface area contributed by atoms with Crippen LogP contribution in [0, 0.1) is 5.92 Å². The Hall–Kier alpha value is -0.570. The number of nitrogens with two attached hydrogens (primary N) is 1. The summed E-state index contributed by atoms with van der Waals surface area (Å²) in [7, 11) is 0. The Balaban J connectivity index is 2.47. The Morgan fingerprint density at radius 1 is 1.47 bits per heavy atom. The zero-order chi connectivity index (χ0) is 11.5. The first-order valence-corrected chi connectivity index (χ1v) is 6.04. The Morgan fingerprint density at radius 2 is 2.13 bits per heavy atom. The lowest BCUT2D eigenvalue weighted by atomic mass is 9.96. The monoisotopic (exact) mass is 212 g/mol. The van der Waals surface area contributed by atoms with Crippen LogP contribution in [0.25, 0.3) is 0 Å². The highest BCUT2D eigenvalue weighted by Crippen LogP contribution is 2.25. The summed E-state index contributed by atoms with van der Waals surface area (Å²) in [4.78, 5) is 12.0. The maximum atomic E-state index is 12.0. The van der Waals surface area contributed by atoms with Gasteiger partial charge >= 0.3 is 0 Å². The molecule has 3 heteroatoms.